The van der Waals surface area contributed by atoms with E-state index in [1.54, 1.807) is 6.07 Å². The number of halogens is 3. The highest BCUT2D eigenvalue weighted by Crippen LogP contribution is 2.29. The van der Waals surface area contributed by atoms with Gasteiger partial charge in [-0.05, 0) is 34.5 Å². The molecule has 5 heteroatoms. The lowest BCUT2D eigenvalue weighted by molar-refractivity contribution is 0.0810. The Labute approximate surface area is 115 Å². The van der Waals surface area contributed by atoms with Gasteiger partial charge < -0.3 is 10.1 Å². The van der Waals surface area contributed by atoms with Crippen LogP contribution in [-0.4, -0.2) is 19.6 Å². The minimum absolute atomic E-state index is 0.494. The van der Waals surface area contributed by atoms with E-state index in [4.69, 9.17) is 4.74 Å². The molecule has 2 nitrogen and oxygen atoms in total. The Morgan fingerprint density at radius 2 is 2.06 bits per heavy atom. The quantitative estimate of drug-likeness (QED) is 0.823. The first kappa shape index (κ1) is 15.4. The number of para-hydroxylation sites is 1. The van der Waals surface area contributed by atoms with Crippen molar-refractivity contribution in [3.8, 4) is 5.75 Å². The van der Waals surface area contributed by atoms with Gasteiger partial charge in [0.1, 0.15) is 12.4 Å². The minimum atomic E-state index is -2.46. The van der Waals surface area contributed by atoms with E-state index in [2.05, 4.69) is 35.1 Å². The molecule has 18 heavy (non-hydrogen) atoms. The van der Waals surface area contributed by atoms with E-state index in [9.17, 15) is 8.78 Å². The summed E-state index contributed by atoms with van der Waals surface area (Å²) in [6.45, 7) is 5.13. The van der Waals surface area contributed by atoms with Crippen LogP contribution in [0.5, 0.6) is 5.75 Å². The molecule has 0 aliphatic rings. The van der Waals surface area contributed by atoms with Gasteiger partial charge in [0.2, 0.25) is 0 Å². The van der Waals surface area contributed by atoms with Crippen molar-refractivity contribution in [3.63, 3.8) is 0 Å². The van der Waals surface area contributed by atoms with E-state index in [0.29, 0.717) is 22.7 Å². The number of alkyl halides is 2. The summed E-state index contributed by atoms with van der Waals surface area (Å²) in [6.07, 6.45) is -2.46. The molecule has 1 aromatic carbocycles. The van der Waals surface area contributed by atoms with E-state index < -0.39 is 13.0 Å². The van der Waals surface area contributed by atoms with E-state index in [1.807, 2.05) is 12.1 Å². The summed E-state index contributed by atoms with van der Waals surface area (Å²) in [5, 5.41) is 3.27. The number of benzene rings is 1. The Kier molecular flexibility index (Phi) is 6.57. The molecule has 0 fully saturated rings. The third-order valence-corrected chi connectivity index (χ3v) is 2.89. The van der Waals surface area contributed by atoms with Crippen LogP contribution in [0.2, 0.25) is 0 Å². The summed E-state index contributed by atoms with van der Waals surface area (Å²) < 4.78 is 30.2. The van der Waals surface area contributed by atoms with Crippen LogP contribution in [0.25, 0.3) is 0 Å². The first-order valence-electron chi connectivity index (χ1n) is 5.89. The van der Waals surface area contributed by atoms with Gasteiger partial charge in [0.15, 0.2) is 0 Å². The lowest BCUT2D eigenvalue weighted by atomic mass is 10.2. The molecule has 0 bridgehead atoms. The molecule has 0 aliphatic heterocycles. The Bertz CT molecular complexity index is 372. The van der Waals surface area contributed by atoms with Gasteiger partial charge in [0.25, 0.3) is 6.43 Å². The van der Waals surface area contributed by atoms with Crippen LogP contribution in [0.3, 0.4) is 0 Å². The van der Waals surface area contributed by atoms with Gasteiger partial charge in [-0.25, -0.2) is 8.78 Å². The highest BCUT2D eigenvalue weighted by Gasteiger charge is 2.11. The molecule has 0 aliphatic carbocycles. The van der Waals surface area contributed by atoms with Crippen molar-refractivity contribution in [1.82, 2.24) is 5.32 Å². The maximum atomic E-state index is 12.2. The predicted molar refractivity (Wildman–Crippen MR) is 72.2 cm³/mol. The Hall–Kier alpha value is -0.680. The summed E-state index contributed by atoms with van der Waals surface area (Å²) in [6, 6.07) is 5.53. The standard InChI is InChI=1S/C13H18BrF2NO/c1-9(2)6-17-7-10-4-3-5-11(14)13(10)18-8-12(15)16/h3-5,9,12,17H,6-8H2,1-2H3. The van der Waals surface area contributed by atoms with Gasteiger partial charge >= 0.3 is 0 Å². The van der Waals surface area contributed by atoms with Gasteiger partial charge in [0, 0.05) is 12.1 Å². The van der Waals surface area contributed by atoms with Gasteiger partial charge in [0.05, 0.1) is 4.47 Å². The number of rotatable bonds is 7. The van der Waals surface area contributed by atoms with E-state index in [1.165, 1.54) is 0 Å². The number of nitrogens with one attached hydrogen (secondary N) is 1. The number of hydrogen-bond donors (Lipinski definition) is 1. The Morgan fingerprint density at radius 3 is 2.67 bits per heavy atom. The topological polar surface area (TPSA) is 21.3 Å². The first-order chi connectivity index (χ1) is 8.50. The molecule has 0 amide bonds. The van der Waals surface area contributed by atoms with Crippen LogP contribution >= 0.6 is 15.9 Å². The second kappa shape index (κ2) is 7.69. The predicted octanol–water partition coefficient (Wildman–Crippen LogP) is 3.84. The molecule has 0 saturated carbocycles. The van der Waals surface area contributed by atoms with Crippen LogP contribution in [0.4, 0.5) is 8.78 Å². The van der Waals surface area contributed by atoms with Crippen molar-refractivity contribution in [1.29, 1.82) is 0 Å². The summed E-state index contributed by atoms with van der Waals surface area (Å²) in [4.78, 5) is 0. The highest BCUT2D eigenvalue weighted by atomic mass is 79.9. The normalized spacial score (nSPS) is 11.3. The molecule has 0 heterocycles. The molecule has 0 spiro atoms. The van der Waals surface area contributed by atoms with Crippen molar-refractivity contribution in [3.05, 3.63) is 28.2 Å². The monoisotopic (exact) mass is 321 g/mol. The fourth-order valence-corrected chi connectivity index (χ4v) is 2.02. The molecule has 0 radical (unpaired) electrons. The van der Waals surface area contributed by atoms with Crippen LogP contribution in [-0.2, 0) is 6.54 Å². The van der Waals surface area contributed by atoms with E-state index in [0.717, 1.165) is 12.1 Å². The summed E-state index contributed by atoms with van der Waals surface area (Å²) in [7, 11) is 0. The lowest BCUT2D eigenvalue weighted by Crippen LogP contribution is -2.20. The van der Waals surface area contributed by atoms with Gasteiger partial charge in [-0.1, -0.05) is 26.0 Å². The average Bonchev–Trinajstić information content (AvgIpc) is 2.27. The second-order valence-corrected chi connectivity index (χ2v) is 5.31. The fraction of sp³-hybridized carbons (Fsp3) is 0.538. The third-order valence-electron chi connectivity index (χ3n) is 2.27. The summed E-state index contributed by atoms with van der Waals surface area (Å²) in [5.74, 6) is 1.04. The molecule has 0 aromatic heterocycles. The van der Waals surface area contributed by atoms with Crippen molar-refractivity contribution < 1.29 is 13.5 Å². The van der Waals surface area contributed by atoms with Crippen molar-refractivity contribution in [2.24, 2.45) is 5.92 Å². The van der Waals surface area contributed by atoms with Crippen molar-refractivity contribution in [2.45, 2.75) is 26.8 Å². The van der Waals surface area contributed by atoms with Crippen molar-refractivity contribution >= 4 is 15.9 Å². The number of hydrogen-bond acceptors (Lipinski definition) is 2. The zero-order valence-corrected chi connectivity index (χ0v) is 12.1. The lowest BCUT2D eigenvalue weighted by Gasteiger charge is -2.14. The van der Waals surface area contributed by atoms with E-state index in [-0.39, 0.29) is 0 Å². The van der Waals surface area contributed by atoms with Crippen molar-refractivity contribution in [2.75, 3.05) is 13.2 Å². The maximum absolute atomic E-state index is 12.2. The largest absolute Gasteiger partial charge is 0.486 e. The van der Waals surface area contributed by atoms with Gasteiger partial charge in [-0.3, -0.25) is 0 Å². The molecule has 1 aromatic rings. The van der Waals surface area contributed by atoms with Gasteiger partial charge in [-0.2, -0.15) is 0 Å². The van der Waals surface area contributed by atoms with Crippen LogP contribution in [0.15, 0.2) is 22.7 Å². The molecule has 0 unspecified atom stereocenters. The molecular formula is C13H18BrF2NO. The average molecular weight is 322 g/mol. The smallest absolute Gasteiger partial charge is 0.272 e. The molecule has 102 valence electrons. The Morgan fingerprint density at radius 1 is 1.33 bits per heavy atom. The molecule has 1 rings (SSSR count). The van der Waals surface area contributed by atoms with Crippen LogP contribution in [0.1, 0.15) is 19.4 Å². The van der Waals surface area contributed by atoms with E-state index >= 15 is 0 Å². The molecule has 1 N–H and O–H groups in total. The Balaban J connectivity index is 2.67. The number of ether oxygens (including phenoxy) is 1. The SMILES string of the molecule is CC(C)CNCc1cccc(Br)c1OCC(F)F. The molecule has 0 atom stereocenters. The van der Waals surface area contributed by atoms with Crippen LogP contribution in [0, 0.1) is 5.92 Å². The third kappa shape index (κ3) is 5.31. The minimum Gasteiger partial charge on any atom is -0.486 e. The zero-order chi connectivity index (χ0) is 13.5. The zero-order valence-electron chi connectivity index (χ0n) is 10.6. The second-order valence-electron chi connectivity index (χ2n) is 4.45. The summed E-state index contributed by atoms with van der Waals surface area (Å²) >= 11 is 3.32. The maximum Gasteiger partial charge on any atom is 0.272 e. The highest BCUT2D eigenvalue weighted by molar-refractivity contribution is 9.10. The van der Waals surface area contributed by atoms with Gasteiger partial charge in [-0.15, -0.1) is 0 Å². The van der Waals surface area contributed by atoms with Crippen LogP contribution < -0.4 is 10.1 Å². The fourth-order valence-electron chi connectivity index (χ4n) is 1.50. The molecule has 0 saturated heterocycles. The molecular weight excluding hydrogens is 304 g/mol. The summed E-state index contributed by atoms with van der Waals surface area (Å²) in [5.41, 5.74) is 0.880. The first-order valence-corrected chi connectivity index (χ1v) is 6.69.